The van der Waals surface area contributed by atoms with E-state index in [1.807, 2.05) is 30.3 Å². The van der Waals surface area contributed by atoms with Crippen molar-refractivity contribution in [2.45, 2.75) is 31.8 Å². The molecular formula is C29H32ClN3O3. The van der Waals surface area contributed by atoms with Gasteiger partial charge in [0, 0.05) is 18.2 Å². The van der Waals surface area contributed by atoms with Crippen molar-refractivity contribution < 1.29 is 14.4 Å². The van der Waals surface area contributed by atoms with E-state index in [4.69, 9.17) is 9.26 Å². The summed E-state index contributed by atoms with van der Waals surface area (Å²) in [4.78, 5) is 6.52. The number of aryl methyl sites for hydroxylation is 1. The fraction of sp³-hybridized carbons (Fsp3) is 0.310. The van der Waals surface area contributed by atoms with Crippen molar-refractivity contribution in [3.05, 3.63) is 89.6 Å². The van der Waals surface area contributed by atoms with Crippen LogP contribution >= 0.6 is 12.4 Å². The average molecular weight is 506 g/mol. The summed E-state index contributed by atoms with van der Waals surface area (Å²) < 4.78 is 11.1. The van der Waals surface area contributed by atoms with Gasteiger partial charge in [-0.1, -0.05) is 65.8 Å². The number of aliphatic hydroxyl groups is 1. The highest BCUT2D eigenvalue weighted by Crippen LogP contribution is 2.30. The number of nitrogens with zero attached hydrogens (tertiary/aromatic N) is 3. The lowest BCUT2D eigenvalue weighted by Gasteiger charge is -2.33. The summed E-state index contributed by atoms with van der Waals surface area (Å²) >= 11 is 0. The van der Waals surface area contributed by atoms with Gasteiger partial charge in [0.1, 0.15) is 18.5 Å². The fourth-order valence-corrected chi connectivity index (χ4v) is 4.74. The summed E-state index contributed by atoms with van der Waals surface area (Å²) in [6, 6.07) is 23.1. The van der Waals surface area contributed by atoms with Crippen LogP contribution in [-0.2, 0) is 0 Å². The molecule has 6 nitrogen and oxygen atoms in total. The second kappa shape index (κ2) is 12.2. The number of aliphatic hydroxyl groups excluding tert-OH is 1. The van der Waals surface area contributed by atoms with Gasteiger partial charge in [0.25, 0.3) is 5.89 Å². The van der Waals surface area contributed by atoms with Gasteiger partial charge in [-0.15, -0.1) is 12.4 Å². The van der Waals surface area contributed by atoms with Gasteiger partial charge in [-0.3, -0.25) is 0 Å². The fourth-order valence-electron chi connectivity index (χ4n) is 4.74. The predicted molar refractivity (Wildman–Crippen MR) is 146 cm³/mol. The molecule has 2 heterocycles. The Labute approximate surface area is 218 Å². The Kier molecular flexibility index (Phi) is 8.75. The zero-order chi connectivity index (χ0) is 24.0. The standard InChI is InChI=1S/C29H31N3O3.ClH/c1-21-30-29(35-31-21)13-12-24-7-4-5-9-28(24)34-20-27(33)19-32-16-14-23(15-17-32)26-11-10-22-6-2-3-8-25(22)18-26;/h2-13,18,23,27,33H,14-17,19-20H2,1H3;1H/b13-12+;/t27-;/m0./s1. The number of fused-ring (bicyclic) bond motifs is 1. The van der Waals surface area contributed by atoms with Crippen molar-refractivity contribution in [2.75, 3.05) is 26.2 Å². The predicted octanol–water partition coefficient (Wildman–Crippen LogP) is 5.74. The van der Waals surface area contributed by atoms with Crippen LogP contribution < -0.4 is 4.74 Å². The molecule has 7 heteroatoms. The van der Waals surface area contributed by atoms with E-state index < -0.39 is 6.10 Å². The third-order valence-corrected chi connectivity index (χ3v) is 6.60. The van der Waals surface area contributed by atoms with E-state index in [9.17, 15) is 5.11 Å². The van der Waals surface area contributed by atoms with Crippen molar-refractivity contribution >= 4 is 35.3 Å². The minimum Gasteiger partial charge on any atom is -0.490 e. The van der Waals surface area contributed by atoms with E-state index in [1.54, 1.807) is 13.0 Å². The molecule has 5 rings (SSSR count). The topological polar surface area (TPSA) is 71.6 Å². The van der Waals surface area contributed by atoms with Crippen LogP contribution in [0.5, 0.6) is 5.75 Å². The quantitative estimate of drug-likeness (QED) is 0.329. The molecule has 3 aromatic carbocycles. The summed E-state index contributed by atoms with van der Waals surface area (Å²) in [5.74, 6) is 2.34. The Morgan fingerprint density at radius 3 is 2.56 bits per heavy atom. The molecule has 1 saturated heterocycles. The van der Waals surface area contributed by atoms with E-state index in [0.717, 1.165) is 31.5 Å². The Hall–Kier alpha value is -3.19. The molecule has 0 unspecified atom stereocenters. The molecular weight excluding hydrogens is 474 g/mol. The van der Waals surface area contributed by atoms with Gasteiger partial charge < -0.3 is 19.3 Å². The molecule has 0 radical (unpaired) electrons. The van der Waals surface area contributed by atoms with Gasteiger partial charge >= 0.3 is 0 Å². The third kappa shape index (κ3) is 6.52. The van der Waals surface area contributed by atoms with Gasteiger partial charge in [0.15, 0.2) is 5.82 Å². The Morgan fingerprint density at radius 2 is 1.78 bits per heavy atom. The number of hydrogen-bond donors (Lipinski definition) is 1. The summed E-state index contributed by atoms with van der Waals surface area (Å²) in [5, 5.41) is 17.0. The first-order valence-corrected chi connectivity index (χ1v) is 12.2. The molecule has 36 heavy (non-hydrogen) atoms. The first kappa shape index (κ1) is 25.9. The van der Waals surface area contributed by atoms with Gasteiger partial charge in [0.2, 0.25) is 0 Å². The lowest BCUT2D eigenvalue weighted by atomic mass is 9.88. The van der Waals surface area contributed by atoms with Crippen LogP contribution in [0.3, 0.4) is 0 Å². The minimum absolute atomic E-state index is 0. The monoisotopic (exact) mass is 505 g/mol. The summed E-state index contributed by atoms with van der Waals surface area (Å²) in [6.45, 7) is 4.61. The lowest BCUT2D eigenvalue weighted by Crippen LogP contribution is -2.40. The van der Waals surface area contributed by atoms with Crippen LogP contribution in [0, 0.1) is 6.92 Å². The molecule has 1 fully saturated rings. The second-order valence-electron chi connectivity index (χ2n) is 9.20. The van der Waals surface area contributed by atoms with Gasteiger partial charge in [-0.05, 0) is 67.3 Å². The first-order valence-electron chi connectivity index (χ1n) is 12.2. The smallest absolute Gasteiger partial charge is 0.250 e. The maximum Gasteiger partial charge on any atom is 0.250 e. The molecule has 1 aliphatic heterocycles. The van der Waals surface area contributed by atoms with E-state index in [-0.39, 0.29) is 19.0 Å². The largest absolute Gasteiger partial charge is 0.490 e. The number of β-amino-alcohol motifs (C(OH)–C–C–N with tert-alkyl or cyclic N) is 1. The maximum atomic E-state index is 10.6. The molecule has 0 bridgehead atoms. The molecule has 0 spiro atoms. The summed E-state index contributed by atoms with van der Waals surface area (Å²) in [6.07, 6.45) is 5.30. The van der Waals surface area contributed by atoms with Crippen LogP contribution in [0.2, 0.25) is 0 Å². The summed E-state index contributed by atoms with van der Waals surface area (Å²) in [5.41, 5.74) is 2.32. The minimum atomic E-state index is -0.553. The lowest BCUT2D eigenvalue weighted by molar-refractivity contribution is 0.0594. The number of hydrogen-bond acceptors (Lipinski definition) is 6. The zero-order valence-corrected chi connectivity index (χ0v) is 21.2. The highest BCUT2D eigenvalue weighted by molar-refractivity contribution is 5.85. The number of halogens is 1. The van der Waals surface area contributed by atoms with Crippen molar-refractivity contribution in [3.63, 3.8) is 0 Å². The normalized spacial score (nSPS) is 15.7. The number of likely N-dealkylation sites (tertiary alicyclic amines) is 1. The van der Waals surface area contributed by atoms with Crippen molar-refractivity contribution in [2.24, 2.45) is 0 Å². The highest BCUT2D eigenvalue weighted by Gasteiger charge is 2.22. The number of aromatic nitrogens is 2. The number of ether oxygens (including phenoxy) is 1. The molecule has 0 aliphatic carbocycles. The van der Waals surface area contributed by atoms with Crippen LogP contribution in [0.25, 0.3) is 22.9 Å². The zero-order valence-electron chi connectivity index (χ0n) is 20.4. The van der Waals surface area contributed by atoms with Crippen LogP contribution in [0.1, 0.15) is 41.6 Å². The number of piperidine rings is 1. The molecule has 188 valence electrons. The Morgan fingerprint density at radius 1 is 1.03 bits per heavy atom. The molecule has 0 amide bonds. The van der Waals surface area contributed by atoms with Crippen molar-refractivity contribution in [1.29, 1.82) is 0 Å². The number of rotatable bonds is 8. The van der Waals surface area contributed by atoms with Crippen LogP contribution in [-0.4, -0.2) is 52.5 Å². The van der Waals surface area contributed by atoms with Gasteiger partial charge in [-0.25, -0.2) is 0 Å². The van der Waals surface area contributed by atoms with Crippen molar-refractivity contribution in [1.82, 2.24) is 15.0 Å². The highest BCUT2D eigenvalue weighted by atomic mass is 35.5. The molecule has 0 saturated carbocycles. The van der Waals surface area contributed by atoms with Crippen LogP contribution in [0.4, 0.5) is 0 Å². The van der Waals surface area contributed by atoms with E-state index in [0.29, 0.717) is 29.9 Å². The summed E-state index contributed by atoms with van der Waals surface area (Å²) in [7, 11) is 0. The van der Waals surface area contributed by atoms with E-state index in [1.165, 1.54) is 16.3 Å². The second-order valence-corrected chi connectivity index (χ2v) is 9.20. The molecule has 1 N–H and O–H groups in total. The van der Waals surface area contributed by atoms with Gasteiger partial charge in [0.05, 0.1) is 0 Å². The third-order valence-electron chi connectivity index (χ3n) is 6.60. The molecule has 1 atom stereocenters. The molecule has 4 aromatic rings. The first-order chi connectivity index (χ1) is 17.1. The van der Waals surface area contributed by atoms with Crippen molar-refractivity contribution in [3.8, 4) is 5.75 Å². The Balaban J connectivity index is 0.00000304. The maximum absolute atomic E-state index is 10.6. The molecule has 1 aromatic heterocycles. The average Bonchev–Trinajstić information content (AvgIpc) is 3.32. The van der Waals surface area contributed by atoms with Gasteiger partial charge in [-0.2, -0.15) is 4.98 Å². The Bertz CT molecular complexity index is 1300. The number of para-hydroxylation sites is 1. The van der Waals surface area contributed by atoms with E-state index >= 15 is 0 Å². The number of benzene rings is 3. The van der Waals surface area contributed by atoms with E-state index in [2.05, 4.69) is 57.5 Å². The SMILES string of the molecule is Cc1noc(/C=C/c2ccccc2OC[C@@H](O)CN2CCC(c3ccc4ccccc4c3)CC2)n1.Cl. The van der Waals surface area contributed by atoms with Crippen LogP contribution in [0.15, 0.2) is 71.3 Å². The molecule has 1 aliphatic rings.